The zero-order chi connectivity index (χ0) is 16.4. The molecule has 0 heterocycles. The van der Waals surface area contributed by atoms with E-state index in [4.69, 9.17) is 11.6 Å². The maximum Gasteiger partial charge on any atom is 0.0406 e. The zero-order valence-corrected chi connectivity index (χ0v) is 14.9. The number of hydrogen-bond acceptors (Lipinski definition) is 1. The van der Waals surface area contributed by atoms with Crippen molar-refractivity contribution < 1.29 is 0 Å². The van der Waals surface area contributed by atoms with Crippen LogP contribution in [0.1, 0.15) is 30.0 Å². The third-order valence-electron chi connectivity index (χ3n) is 4.85. The average molecular weight is 326 g/mol. The Morgan fingerprint density at radius 2 is 1.78 bits per heavy atom. The highest BCUT2D eigenvalue weighted by molar-refractivity contribution is 6.30. The van der Waals surface area contributed by atoms with Crippen molar-refractivity contribution in [1.29, 1.82) is 0 Å². The van der Waals surface area contributed by atoms with Crippen molar-refractivity contribution in [3.63, 3.8) is 0 Å². The van der Waals surface area contributed by atoms with E-state index < -0.39 is 0 Å². The first kappa shape index (κ1) is 16.3. The van der Waals surface area contributed by atoms with Crippen LogP contribution in [0, 0.1) is 0 Å². The molecule has 0 saturated heterocycles. The molecule has 1 nitrogen and oxygen atoms in total. The molecule has 0 amide bonds. The van der Waals surface area contributed by atoms with Gasteiger partial charge in [-0.25, -0.2) is 0 Å². The van der Waals surface area contributed by atoms with Gasteiger partial charge in [-0.05, 0) is 61.3 Å². The summed E-state index contributed by atoms with van der Waals surface area (Å²) >= 11 is 6.09. The van der Waals surface area contributed by atoms with Gasteiger partial charge in [-0.3, -0.25) is 0 Å². The van der Waals surface area contributed by atoms with Gasteiger partial charge in [0, 0.05) is 17.0 Å². The topological polar surface area (TPSA) is 3.24 Å². The van der Waals surface area contributed by atoms with Crippen molar-refractivity contribution >= 4 is 17.2 Å². The number of benzene rings is 2. The van der Waals surface area contributed by atoms with Gasteiger partial charge in [0.2, 0.25) is 0 Å². The van der Waals surface area contributed by atoms with Crippen molar-refractivity contribution in [2.45, 2.75) is 25.2 Å². The Hall–Kier alpha value is -1.57. The maximum atomic E-state index is 6.09. The highest BCUT2D eigenvalue weighted by atomic mass is 35.5. The van der Waals surface area contributed by atoms with Crippen LogP contribution in [0.25, 0.3) is 5.57 Å². The molecule has 0 aliphatic heterocycles. The van der Waals surface area contributed by atoms with Crippen LogP contribution in [0.5, 0.6) is 0 Å². The standard InChI is InChI=1S/C21H24ClN/c1-21(17-10-12-18(22)13-11-17)15-16-7-4-5-8-19(16)20(21)9-6-14-23(2)3/h4-5,7-13H,6,14-15H2,1-3H3/b20-9-. The highest BCUT2D eigenvalue weighted by Crippen LogP contribution is 2.48. The quantitative estimate of drug-likeness (QED) is 0.747. The van der Waals surface area contributed by atoms with Crippen LogP contribution < -0.4 is 0 Å². The Morgan fingerprint density at radius 1 is 1.09 bits per heavy atom. The number of halogens is 1. The molecule has 1 aliphatic carbocycles. The minimum Gasteiger partial charge on any atom is -0.309 e. The Morgan fingerprint density at radius 3 is 2.48 bits per heavy atom. The third kappa shape index (κ3) is 3.22. The molecular formula is C21H24ClN. The summed E-state index contributed by atoms with van der Waals surface area (Å²) in [5, 5.41) is 0.797. The normalized spacial score (nSPS) is 21.9. The van der Waals surface area contributed by atoms with Gasteiger partial charge in [0.1, 0.15) is 0 Å². The molecule has 23 heavy (non-hydrogen) atoms. The first-order valence-electron chi connectivity index (χ1n) is 8.20. The van der Waals surface area contributed by atoms with Crippen LogP contribution in [0.15, 0.2) is 54.6 Å². The van der Waals surface area contributed by atoms with Crippen molar-refractivity contribution in [1.82, 2.24) is 4.90 Å². The Labute approximate surface area is 144 Å². The van der Waals surface area contributed by atoms with Crippen LogP contribution in [0.4, 0.5) is 0 Å². The van der Waals surface area contributed by atoms with E-state index in [9.17, 15) is 0 Å². The van der Waals surface area contributed by atoms with Crippen molar-refractivity contribution in [3.05, 3.63) is 76.3 Å². The van der Waals surface area contributed by atoms with E-state index in [0.717, 1.165) is 24.4 Å². The second-order valence-electron chi connectivity index (χ2n) is 6.88. The van der Waals surface area contributed by atoms with Gasteiger partial charge in [0.15, 0.2) is 0 Å². The molecule has 0 N–H and O–H groups in total. The van der Waals surface area contributed by atoms with Gasteiger partial charge in [0.05, 0.1) is 0 Å². The zero-order valence-electron chi connectivity index (χ0n) is 14.1. The predicted octanol–water partition coefficient (Wildman–Crippen LogP) is 5.19. The lowest BCUT2D eigenvalue weighted by molar-refractivity contribution is 0.417. The number of hydrogen-bond donors (Lipinski definition) is 0. The van der Waals surface area contributed by atoms with Crippen LogP contribution in [0.3, 0.4) is 0 Å². The highest BCUT2D eigenvalue weighted by Gasteiger charge is 2.38. The number of nitrogens with zero attached hydrogens (tertiary/aromatic N) is 1. The van der Waals surface area contributed by atoms with Gasteiger partial charge in [0.25, 0.3) is 0 Å². The summed E-state index contributed by atoms with van der Waals surface area (Å²) in [5.74, 6) is 0. The Bertz CT molecular complexity index is 715. The number of rotatable bonds is 4. The summed E-state index contributed by atoms with van der Waals surface area (Å²) < 4.78 is 0. The fraction of sp³-hybridized carbons (Fsp3) is 0.333. The lowest BCUT2D eigenvalue weighted by atomic mass is 9.76. The van der Waals surface area contributed by atoms with Crippen LogP contribution in [-0.4, -0.2) is 25.5 Å². The van der Waals surface area contributed by atoms with E-state index in [0.29, 0.717) is 0 Å². The number of allylic oxidation sites excluding steroid dienone is 1. The van der Waals surface area contributed by atoms with E-state index in [2.05, 4.69) is 68.4 Å². The third-order valence-corrected chi connectivity index (χ3v) is 5.10. The van der Waals surface area contributed by atoms with Crippen molar-refractivity contribution in [2.75, 3.05) is 20.6 Å². The molecule has 1 atom stereocenters. The van der Waals surface area contributed by atoms with Crippen molar-refractivity contribution in [2.24, 2.45) is 0 Å². The van der Waals surface area contributed by atoms with E-state index in [1.807, 2.05) is 12.1 Å². The van der Waals surface area contributed by atoms with Crippen molar-refractivity contribution in [3.8, 4) is 0 Å². The number of fused-ring (bicyclic) bond motifs is 1. The minimum atomic E-state index is 0.0284. The fourth-order valence-corrected chi connectivity index (χ4v) is 3.71. The minimum absolute atomic E-state index is 0.0284. The molecule has 0 radical (unpaired) electrons. The molecule has 0 bridgehead atoms. The average Bonchev–Trinajstić information content (AvgIpc) is 2.81. The monoisotopic (exact) mass is 325 g/mol. The van der Waals surface area contributed by atoms with Crippen LogP contribution in [-0.2, 0) is 11.8 Å². The largest absolute Gasteiger partial charge is 0.309 e. The summed E-state index contributed by atoms with van der Waals surface area (Å²) in [6, 6.07) is 17.2. The van der Waals surface area contributed by atoms with Gasteiger partial charge < -0.3 is 4.90 Å². The smallest absolute Gasteiger partial charge is 0.0406 e. The summed E-state index contributed by atoms with van der Waals surface area (Å²) in [7, 11) is 4.25. The van der Waals surface area contributed by atoms with Gasteiger partial charge in [-0.15, -0.1) is 0 Å². The van der Waals surface area contributed by atoms with E-state index >= 15 is 0 Å². The van der Waals surface area contributed by atoms with Gasteiger partial charge >= 0.3 is 0 Å². The maximum absolute atomic E-state index is 6.09. The molecule has 2 aromatic rings. The summed E-state index contributed by atoms with van der Waals surface area (Å²) in [4.78, 5) is 2.23. The summed E-state index contributed by atoms with van der Waals surface area (Å²) in [6.45, 7) is 3.43. The molecule has 1 aliphatic rings. The molecule has 0 spiro atoms. The molecule has 1 unspecified atom stereocenters. The van der Waals surface area contributed by atoms with E-state index in [-0.39, 0.29) is 5.41 Å². The molecule has 0 fully saturated rings. The molecule has 120 valence electrons. The molecule has 3 rings (SSSR count). The van der Waals surface area contributed by atoms with Gasteiger partial charge in [-0.1, -0.05) is 61.0 Å². The first-order chi connectivity index (χ1) is 11.0. The SMILES string of the molecule is CN(C)CC/C=C1/c2ccccc2CC1(C)c1ccc(Cl)cc1. The van der Waals surface area contributed by atoms with Gasteiger partial charge in [-0.2, -0.15) is 0 Å². The van der Waals surface area contributed by atoms with Crippen LogP contribution >= 0.6 is 11.6 Å². The van der Waals surface area contributed by atoms with E-state index in [1.54, 1.807) is 0 Å². The molecule has 0 saturated carbocycles. The predicted molar refractivity (Wildman–Crippen MR) is 100 cm³/mol. The van der Waals surface area contributed by atoms with E-state index in [1.165, 1.54) is 22.3 Å². The lowest BCUT2D eigenvalue weighted by Crippen LogP contribution is -2.22. The molecular weight excluding hydrogens is 302 g/mol. The first-order valence-corrected chi connectivity index (χ1v) is 8.58. The second-order valence-corrected chi connectivity index (χ2v) is 7.32. The summed E-state index contributed by atoms with van der Waals surface area (Å²) in [6.07, 6.45) is 4.55. The molecule has 2 heteroatoms. The lowest BCUT2D eigenvalue weighted by Gasteiger charge is -2.27. The second kappa shape index (κ2) is 6.51. The molecule has 0 aromatic heterocycles. The Balaban J connectivity index is 2.03. The molecule has 2 aromatic carbocycles. The van der Waals surface area contributed by atoms with Crippen LogP contribution in [0.2, 0.25) is 5.02 Å². The fourth-order valence-electron chi connectivity index (χ4n) is 3.59. The summed E-state index contributed by atoms with van der Waals surface area (Å²) in [5.41, 5.74) is 5.68. The Kier molecular flexibility index (Phi) is 4.61.